The van der Waals surface area contributed by atoms with Gasteiger partial charge in [0.1, 0.15) is 5.52 Å². The summed E-state index contributed by atoms with van der Waals surface area (Å²) in [6, 6.07) is 0. The molecule has 2 heterocycles. The Hall–Kier alpha value is -1.84. The van der Waals surface area contributed by atoms with Gasteiger partial charge in [-0.25, -0.2) is 4.52 Å². The number of aromatic nitrogens is 3. The molecule has 3 rings (SSSR count). The third-order valence-corrected chi connectivity index (χ3v) is 3.61. The minimum absolute atomic E-state index is 0.0787. The summed E-state index contributed by atoms with van der Waals surface area (Å²) >= 11 is 0. The Bertz CT molecular complexity index is 651. The van der Waals surface area contributed by atoms with E-state index in [1.54, 1.807) is 9.08 Å². The number of fused-ring (bicyclic) bond motifs is 3. The Morgan fingerprint density at radius 1 is 1.33 bits per heavy atom. The first-order chi connectivity index (χ1) is 8.81. The van der Waals surface area contributed by atoms with Gasteiger partial charge in [0.2, 0.25) is 0 Å². The summed E-state index contributed by atoms with van der Waals surface area (Å²) in [6.45, 7) is 4.39. The Balaban J connectivity index is 2.17. The third-order valence-electron chi connectivity index (χ3n) is 3.61. The monoisotopic (exact) mass is 243 g/mol. The molecule has 94 valence electrons. The first-order valence-electron chi connectivity index (χ1n) is 6.51. The summed E-state index contributed by atoms with van der Waals surface area (Å²) in [5.41, 5.74) is 3.13. The molecule has 0 amide bonds. The normalized spacial score (nSPS) is 14.7. The van der Waals surface area contributed by atoms with Crippen molar-refractivity contribution in [2.24, 2.45) is 0 Å². The minimum Gasteiger partial charge on any atom is -0.312 e. The van der Waals surface area contributed by atoms with Gasteiger partial charge < -0.3 is 4.57 Å². The predicted molar refractivity (Wildman–Crippen MR) is 70.9 cm³/mol. The second-order valence-electron chi connectivity index (χ2n) is 4.80. The maximum Gasteiger partial charge on any atom is 0.276 e. The summed E-state index contributed by atoms with van der Waals surface area (Å²) in [6.07, 6.45) is 10.7. The molecule has 1 aliphatic carbocycles. The van der Waals surface area contributed by atoms with Crippen molar-refractivity contribution < 1.29 is 0 Å². The molecule has 0 aromatic carbocycles. The Morgan fingerprint density at radius 3 is 3.00 bits per heavy atom. The highest BCUT2D eigenvalue weighted by Crippen LogP contribution is 2.22. The first kappa shape index (κ1) is 11.3. The quantitative estimate of drug-likeness (QED) is 0.773. The van der Waals surface area contributed by atoms with Crippen LogP contribution in [0.2, 0.25) is 0 Å². The lowest BCUT2D eigenvalue weighted by Gasteiger charge is -2.09. The van der Waals surface area contributed by atoms with Gasteiger partial charge in [0, 0.05) is 24.5 Å². The van der Waals surface area contributed by atoms with Crippen molar-refractivity contribution in [3.8, 4) is 0 Å². The van der Waals surface area contributed by atoms with Crippen LogP contribution in [0.5, 0.6) is 0 Å². The van der Waals surface area contributed by atoms with Gasteiger partial charge in [-0.05, 0) is 32.1 Å². The zero-order chi connectivity index (χ0) is 12.5. The molecule has 0 unspecified atom stereocenters. The number of hydrogen-bond donors (Lipinski definition) is 0. The van der Waals surface area contributed by atoms with E-state index in [0.717, 1.165) is 36.9 Å². The summed E-state index contributed by atoms with van der Waals surface area (Å²) in [4.78, 5) is 12.4. The highest BCUT2D eigenvalue weighted by Gasteiger charge is 2.19. The van der Waals surface area contributed by atoms with Crippen LogP contribution in [0.1, 0.15) is 30.5 Å². The molecule has 4 nitrogen and oxygen atoms in total. The van der Waals surface area contributed by atoms with E-state index >= 15 is 0 Å². The first-order valence-corrected chi connectivity index (χ1v) is 6.51. The van der Waals surface area contributed by atoms with E-state index in [1.165, 1.54) is 12.0 Å². The van der Waals surface area contributed by atoms with Gasteiger partial charge in [0.15, 0.2) is 0 Å². The van der Waals surface area contributed by atoms with Crippen molar-refractivity contribution in [3.63, 3.8) is 0 Å². The van der Waals surface area contributed by atoms with Gasteiger partial charge in [-0.15, -0.1) is 6.58 Å². The number of aryl methyl sites for hydroxylation is 3. The molecule has 0 atom stereocenters. The Labute approximate surface area is 106 Å². The average molecular weight is 243 g/mol. The van der Waals surface area contributed by atoms with Crippen molar-refractivity contribution >= 4 is 5.52 Å². The van der Waals surface area contributed by atoms with Crippen LogP contribution in [-0.2, 0) is 19.4 Å². The van der Waals surface area contributed by atoms with E-state index < -0.39 is 0 Å². The fourth-order valence-electron chi connectivity index (χ4n) is 2.66. The topological polar surface area (TPSA) is 39.3 Å². The largest absolute Gasteiger partial charge is 0.312 e. The molecule has 4 heteroatoms. The Kier molecular flexibility index (Phi) is 2.78. The smallest absolute Gasteiger partial charge is 0.276 e. The summed E-state index contributed by atoms with van der Waals surface area (Å²) in [7, 11) is 0. The van der Waals surface area contributed by atoms with E-state index in [9.17, 15) is 4.79 Å². The molecule has 0 radical (unpaired) electrons. The summed E-state index contributed by atoms with van der Waals surface area (Å²) in [5.74, 6) is 0. The van der Waals surface area contributed by atoms with Crippen LogP contribution >= 0.6 is 0 Å². The number of rotatable bonds is 3. The average Bonchev–Trinajstić information content (AvgIpc) is 2.77. The van der Waals surface area contributed by atoms with Gasteiger partial charge in [0.25, 0.3) is 5.56 Å². The van der Waals surface area contributed by atoms with Gasteiger partial charge in [-0.2, -0.15) is 5.10 Å². The number of allylic oxidation sites excluding steroid dienone is 1. The fraction of sp³-hybridized carbons (Fsp3) is 0.429. The van der Waals surface area contributed by atoms with Crippen molar-refractivity contribution in [2.75, 3.05) is 0 Å². The van der Waals surface area contributed by atoms with Crippen molar-refractivity contribution in [3.05, 3.63) is 46.7 Å². The molecule has 0 N–H and O–H groups in total. The van der Waals surface area contributed by atoms with Crippen LogP contribution in [0.25, 0.3) is 5.52 Å². The summed E-state index contributed by atoms with van der Waals surface area (Å²) in [5, 5.41) is 4.52. The molecule has 18 heavy (non-hydrogen) atoms. The molecule has 1 aliphatic rings. The van der Waals surface area contributed by atoms with Crippen LogP contribution in [0, 0.1) is 0 Å². The van der Waals surface area contributed by atoms with E-state index in [0.29, 0.717) is 6.54 Å². The lowest BCUT2D eigenvalue weighted by Crippen LogP contribution is -2.22. The zero-order valence-corrected chi connectivity index (χ0v) is 10.4. The lowest BCUT2D eigenvalue weighted by molar-refractivity contribution is 0.671. The predicted octanol–water partition coefficient (Wildman–Crippen LogP) is 1.95. The van der Waals surface area contributed by atoms with Crippen LogP contribution in [0.3, 0.4) is 0 Å². The van der Waals surface area contributed by atoms with Crippen LogP contribution in [-0.4, -0.2) is 14.2 Å². The molecule has 0 saturated heterocycles. The molecule has 0 spiro atoms. The van der Waals surface area contributed by atoms with Crippen LogP contribution in [0.15, 0.2) is 29.8 Å². The third kappa shape index (κ3) is 1.68. The van der Waals surface area contributed by atoms with E-state index in [2.05, 4.69) is 11.7 Å². The Morgan fingerprint density at radius 2 is 2.17 bits per heavy atom. The maximum absolute atomic E-state index is 12.4. The molecule has 0 bridgehead atoms. The molecule has 0 aliphatic heterocycles. The van der Waals surface area contributed by atoms with Crippen LogP contribution in [0.4, 0.5) is 0 Å². The molecule has 2 aromatic heterocycles. The standard InChI is InChI=1S/C14H17N3O/c1-2-3-8-16-9-10-17-13(14(16)18)11-6-4-5-7-12(11)15-17/h2,9-10H,1,3-8H2. The number of nitrogens with zero attached hydrogens (tertiary/aromatic N) is 3. The fourth-order valence-corrected chi connectivity index (χ4v) is 2.66. The van der Waals surface area contributed by atoms with Crippen molar-refractivity contribution in [2.45, 2.75) is 38.6 Å². The molecule has 2 aromatic rings. The molecule has 0 saturated carbocycles. The van der Waals surface area contributed by atoms with E-state index in [4.69, 9.17) is 0 Å². The van der Waals surface area contributed by atoms with E-state index in [-0.39, 0.29) is 5.56 Å². The molecular weight excluding hydrogens is 226 g/mol. The van der Waals surface area contributed by atoms with Gasteiger partial charge in [-0.1, -0.05) is 6.08 Å². The molecule has 0 fully saturated rings. The van der Waals surface area contributed by atoms with Gasteiger partial charge >= 0.3 is 0 Å². The summed E-state index contributed by atoms with van der Waals surface area (Å²) < 4.78 is 3.51. The van der Waals surface area contributed by atoms with Crippen LogP contribution < -0.4 is 5.56 Å². The van der Waals surface area contributed by atoms with Gasteiger partial charge in [-0.3, -0.25) is 4.79 Å². The van der Waals surface area contributed by atoms with Crippen molar-refractivity contribution in [1.82, 2.24) is 14.2 Å². The van der Waals surface area contributed by atoms with Gasteiger partial charge in [0.05, 0.1) is 5.69 Å². The SMILES string of the molecule is C=CCCn1ccn2nc3c(c2c1=O)CCCC3. The highest BCUT2D eigenvalue weighted by atomic mass is 16.1. The maximum atomic E-state index is 12.4. The lowest BCUT2D eigenvalue weighted by atomic mass is 9.97. The highest BCUT2D eigenvalue weighted by molar-refractivity contribution is 5.55. The number of hydrogen-bond acceptors (Lipinski definition) is 2. The van der Waals surface area contributed by atoms with E-state index in [1.807, 2.05) is 18.5 Å². The molecular formula is C14H17N3O. The zero-order valence-electron chi connectivity index (χ0n) is 10.4. The second kappa shape index (κ2) is 4.44. The van der Waals surface area contributed by atoms with Crippen molar-refractivity contribution in [1.29, 1.82) is 0 Å². The second-order valence-corrected chi connectivity index (χ2v) is 4.80. The minimum atomic E-state index is 0.0787.